The lowest BCUT2D eigenvalue weighted by atomic mass is 10.2. The van der Waals surface area contributed by atoms with Crippen molar-refractivity contribution in [3.05, 3.63) is 24.5 Å². The fraction of sp³-hybridized carbons (Fsp3) is 0.462. The molecule has 1 heterocycles. The van der Waals surface area contributed by atoms with Crippen molar-refractivity contribution in [1.82, 2.24) is 10.3 Å². The van der Waals surface area contributed by atoms with E-state index in [1.807, 2.05) is 6.92 Å². The zero-order valence-electron chi connectivity index (χ0n) is 10.8. The predicted molar refractivity (Wildman–Crippen MR) is 68.8 cm³/mol. The van der Waals surface area contributed by atoms with Crippen molar-refractivity contribution in [1.29, 1.82) is 0 Å². The molecule has 0 aliphatic rings. The van der Waals surface area contributed by atoms with Crippen LogP contribution in [0.3, 0.4) is 0 Å². The van der Waals surface area contributed by atoms with Crippen molar-refractivity contribution in [2.24, 2.45) is 0 Å². The lowest BCUT2D eigenvalue weighted by Crippen LogP contribution is -2.33. The minimum atomic E-state index is -0.888. The van der Waals surface area contributed by atoms with E-state index in [0.717, 1.165) is 0 Å². The number of carboxylic acid groups (broad SMARTS) is 1. The fourth-order valence-electron chi connectivity index (χ4n) is 1.44. The normalized spacial score (nSPS) is 11.6. The van der Waals surface area contributed by atoms with Gasteiger partial charge in [0.1, 0.15) is 11.9 Å². The molecule has 0 spiro atoms. The Labute approximate surface area is 111 Å². The average Bonchev–Trinajstić information content (AvgIpc) is 2.37. The molecule has 1 aromatic rings. The number of carboxylic acids is 1. The second-order valence-electron chi connectivity index (χ2n) is 4.17. The molecule has 1 aromatic heterocycles. The summed E-state index contributed by atoms with van der Waals surface area (Å²) in [5.74, 6) is -0.404. The van der Waals surface area contributed by atoms with E-state index in [1.165, 1.54) is 0 Å². The van der Waals surface area contributed by atoms with Crippen LogP contribution in [0.4, 0.5) is 0 Å². The lowest BCUT2D eigenvalue weighted by molar-refractivity contribution is -0.137. The number of ether oxygens (including phenoxy) is 1. The average molecular weight is 266 g/mol. The maximum absolute atomic E-state index is 11.4. The van der Waals surface area contributed by atoms with Crippen LogP contribution in [0.25, 0.3) is 0 Å². The number of carbonyl (C=O) groups excluding carboxylic acids is 1. The summed E-state index contributed by atoms with van der Waals surface area (Å²) in [5, 5.41) is 11.2. The van der Waals surface area contributed by atoms with Gasteiger partial charge < -0.3 is 15.2 Å². The second kappa shape index (κ2) is 8.07. The molecule has 0 saturated heterocycles. The van der Waals surface area contributed by atoms with E-state index in [4.69, 9.17) is 9.84 Å². The molecule has 2 N–H and O–H groups in total. The number of amides is 1. The molecule has 0 bridgehead atoms. The number of hydrogen-bond donors (Lipinski definition) is 2. The standard InChI is InChI=1S/C13H18N2O4/c1-10(19-11-4-3-7-14-9-11)8-15-12(16)5-2-6-13(17)18/h3-4,7,9-10H,2,5-6,8H2,1H3,(H,15,16)(H,17,18)/t10-/m1/s1. The van der Waals surface area contributed by atoms with Gasteiger partial charge in [-0.25, -0.2) is 0 Å². The first-order valence-corrected chi connectivity index (χ1v) is 6.13. The number of aliphatic carboxylic acids is 1. The highest BCUT2D eigenvalue weighted by Crippen LogP contribution is 2.08. The van der Waals surface area contributed by atoms with Gasteiger partial charge in [-0.1, -0.05) is 0 Å². The number of nitrogens with zero attached hydrogens (tertiary/aromatic N) is 1. The van der Waals surface area contributed by atoms with Gasteiger partial charge in [0.15, 0.2) is 0 Å². The summed E-state index contributed by atoms with van der Waals surface area (Å²) in [6.07, 6.45) is 3.65. The Balaban J connectivity index is 2.17. The Kier molecular flexibility index (Phi) is 6.35. The second-order valence-corrected chi connectivity index (χ2v) is 4.17. The topological polar surface area (TPSA) is 88.5 Å². The smallest absolute Gasteiger partial charge is 0.303 e. The van der Waals surface area contributed by atoms with E-state index in [9.17, 15) is 9.59 Å². The van der Waals surface area contributed by atoms with Crippen LogP contribution in [0.1, 0.15) is 26.2 Å². The molecular formula is C13H18N2O4. The third-order valence-electron chi connectivity index (χ3n) is 2.35. The van der Waals surface area contributed by atoms with Crippen LogP contribution in [0, 0.1) is 0 Å². The first-order chi connectivity index (χ1) is 9.08. The third kappa shape index (κ3) is 7.03. The van der Waals surface area contributed by atoms with E-state index in [2.05, 4.69) is 10.3 Å². The van der Waals surface area contributed by atoms with E-state index in [0.29, 0.717) is 18.7 Å². The Hall–Kier alpha value is -2.11. The maximum Gasteiger partial charge on any atom is 0.303 e. The number of aromatic nitrogens is 1. The Morgan fingerprint density at radius 2 is 2.26 bits per heavy atom. The summed E-state index contributed by atoms with van der Waals surface area (Å²) < 4.78 is 5.54. The Morgan fingerprint density at radius 3 is 2.89 bits per heavy atom. The number of rotatable bonds is 8. The minimum Gasteiger partial charge on any atom is -0.487 e. The largest absolute Gasteiger partial charge is 0.487 e. The summed E-state index contributed by atoms with van der Waals surface area (Å²) >= 11 is 0. The van der Waals surface area contributed by atoms with E-state index in [1.54, 1.807) is 24.5 Å². The van der Waals surface area contributed by atoms with Gasteiger partial charge in [-0.15, -0.1) is 0 Å². The maximum atomic E-state index is 11.4. The SMILES string of the molecule is C[C@H](CNC(=O)CCCC(=O)O)Oc1cccnc1. The van der Waals surface area contributed by atoms with Crippen molar-refractivity contribution >= 4 is 11.9 Å². The monoisotopic (exact) mass is 266 g/mol. The third-order valence-corrected chi connectivity index (χ3v) is 2.35. The molecular weight excluding hydrogens is 248 g/mol. The van der Waals surface area contributed by atoms with Crippen LogP contribution < -0.4 is 10.1 Å². The molecule has 0 aliphatic carbocycles. The van der Waals surface area contributed by atoms with Crippen LogP contribution in [-0.4, -0.2) is 34.6 Å². The highest BCUT2D eigenvalue weighted by atomic mass is 16.5. The number of carbonyl (C=O) groups is 2. The van der Waals surface area contributed by atoms with Crippen LogP contribution in [0.5, 0.6) is 5.75 Å². The van der Waals surface area contributed by atoms with Crippen LogP contribution in [0.15, 0.2) is 24.5 Å². The molecule has 6 heteroatoms. The molecule has 104 valence electrons. The molecule has 1 amide bonds. The van der Waals surface area contributed by atoms with E-state index in [-0.39, 0.29) is 24.9 Å². The number of pyridine rings is 1. The lowest BCUT2D eigenvalue weighted by Gasteiger charge is -2.15. The van der Waals surface area contributed by atoms with Crippen molar-refractivity contribution in [3.63, 3.8) is 0 Å². The fourth-order valence-corrected chi connectivity index (χ4v) is 1.44. The van der Waals surface area contributed by atoms with Crippen LogP contribution in [0.2, 0.25) is 0 Å². The van der Waals surface area contributed by atoms with Gasteiger partial charge >= 0.3 is 5.97 Å². The highest BCUT2D eigenvalue weighted by molar-refractivity contribution is 5.76. The van der Waals surface area contributed by atoms with Crippen LogP contribution >= 0.6 is 0 Å². The summed E-state index contributed by atoms with van der Waals surface area (Å²) in [6.45, 7) is 2.21. The zero-order valence-corrected chi connectivity index (χ0v) is 10.8. The van der Waals surface area contributed by atoms with Gasteiger partial charge in [0, 0.05) is 19.0 Å². The molecule has 1 rings (SSSR count). The van der Waals surface area contributed by atoms with E-state index >= 15 is 0 Å². The molecule has 0 saturated carbocycles. The summed E-state index contributed by atoms with van der Waals surface area (Å²) in [7, 11) is 0. The highest BCUT2D eigenvalue weighted by Gasteiger charge is 2.07. The first kappa shape index (κ1) is 14.9. The molecule has 0 aliphatic heterocycles. The minimum absolute atomic E-state index is 0.00909. The van der Waals surface area contributed by atoms with Crippen molar-refractivity contribution in [2.45, 2.75) is 32.3 Å². The Bertz CT molecular complexity index is 408. The summed E-state index contributed by atoms with van der Waals surface area (Å²) in [6, 6.07) is 3.56. The van der Waals surface area contributed by atoms with Crippen LogP contribution in [-0.2, 0) is 9.59 Å². The quantitative estimate of drug-likeness (QED) is 0.738. The summed E-state index contributed by atoms with van der Waals surface area (Å²) in [4.78, 5) is 25.6. The van der Waals surface area contributed by atoms with Gasteiger partial charge in [0.05, 0.1) is 12.7 Å². The van der Waals surface area contributed by atoms with Gasteiger partial charge in [-0.05, 0) is 25.5 Å². The van der Waals surface area contributed by atoms with Gasteiger partial charge in [-0.2, -0.15) is 0 Å². The Morgan fingerprint density at radius 1 is 1.47 bits per heavy atom. The van der Waals surface area contributed by atoms with E-state index < -0.39 is 5.97 Å². The van der Waals surface area contributed by atoms with Gasteiger partial charge in [0.25, 0.3) is 0 Å². The predicted octanol–water partition coefficient (Wildman–Crippen LogP) is 1.22. The number of hydrogen-bond acceptors (Lipinski definition) is 4. The molecule has 1 atom stereocenters. The zero-order chi connectivity index (χ0) is 14.1. The summed E-state index contributed by atoms with van der Waals surface area (Å²) in [5.41, 5.74) is 0. The van der Waals surface area contributed by atoms with Crippen molar-refractivity contribution in [3.8, 4) is 5.75 Å². The van der Waals surface area contributed by atoms with Gasteiger partial charge in [0.2, 0.25) is 5.91 Å². The van der Waals surface area contributed by atoms with Crippen molar-refractivity contribution in [2.75, 3.05) is 6.54 Å². The molecule has 0 radical (unpaired) electrons. The molecule has 0 unspecified atom stereocenters. The first-order valence-electron chi connectivity index (χ1n) is 6.13. The molecule has 19 heavy (non-hydrogen) atoms. The molecule has 0 aromatic carbocycles. The molecule has 0 fully saturated rings. The number of nitrogens with one attached hydrogen (secondary N) is 1. The van der Waals surface area contributed by atoms with Crippen molar-refractivity contribution < 1.29 is 19.4 Å². The molecule has 6 nitrogen and oxygen atoms in total. The van der Waals surface area contributed by atoms with Gasteiger partial charge in [-0.3, -0.25) is 14.6 Å².